The molecule has 1 aliphatic rings. The minimum Gasteiger partial charge on any atom is -0.383 e. The number of rotatable bonds is 2. The van der Waals surface area contributed by atoms with Crippen LogP contribution in [0.5, 0.6) is 0 Å². The molecule has 2 aromatic heterocycles. The van der Waals surface area contributed by atoms with Crippen molar-refractivity contribution in [2.24, 2.45) is 0 Å². The molecular weight excluding hydrogens is 407 g/mol. The zero-order chi connectivity index (χ0) is 15.2. The first-order valence-electron chi connectivity index (χ1n) is 6.47. The van der Waals surface area contributed by atoms with E-state index in [0.717, 1.165) is 9.09 Å². The molecule has 114 valence electrons. The van der Waals surface area contributed by atoms with E-state index in [0.29, 0.717) is 37.4 Å². The summed E-state index contributed by atoms with van der Waals surface area (Å²) in [7, 11) is -3.12. The summed E-state index contributed by atoms with van der Waals surface area (Å²) in [5.41, 5.74) is 6.59. The number of hydrogen-bond donors (Lipinski definition) is 1. The standard InChI is InChI=1S/C11H15IN6O2S/c1-21(19,20)17-4-2-7(3-5-17)18-11-8(9(12)16-18)10(13)14-6-15-11/h6-7H,2-5H2,1H3,(H2,13,14,15). The summed E-state index contributed by atoms with van der Waals surface area (Å²) in [6.45, 7) is 1.00. The molecule has 0 spiro atoms. The summed E-state index contributed by atoms with van der Waals surface area (Å²) >= 11 is 2.12. The molecule has 1 aliphatic heterocycles. The van der Waals surface area contributed by atoms with Gasteiger partial charge in [0.15, 0.2) is 5.65 Å². The number of fused-ring (bicyclic) bond motifs is 1. The van der Waals surface area contributed by atoms with Crippen molar-refractivity contribution < 1.29 is 8.42 Å². The Morgan fingerprint density at radius 3 is 2.62 bits per heavy atom. The van der Waals surface area contributed by atoms with Crippen molar-refractivity contribution in [3.63, 3.8) is 0 Å². The van der Waals surface area contributed by atoms with Gasteiger partial charge in [0, 0.05) is 13.1 Å². The molecule has 0 radical (unpaired) electrons. The predicted octanol–water partition coefficient (Wildman–Crippen LogP) is 0.610. The number of nitrogen functional groups attached to an aromatic ring is 1. The fourth-order valence-electron chi connectivity index (χ4n) is 2.63. The van der Waals surface area contributed by atoms with E-state index in [4.69, 9.17) is 5.73 Å². The molecule has 0 aliphatic carbocycles. The second-order valence-electron chi connectivity index (χ2n) is 5.09. The Hall–Kier alpha value is -1.01. The van der Waals surface area contributed by atoms with E-state index in [1.807, 2.05) is 4.68 Å². The van der Waals surface area contributed by atoms with Crippen LogP contribution in [0.15, 0.2) is 6.33 Å². The van der Waals surface area contributed by atoms with Gasteiger partial charge >= 0.3 is 0 Å². The summed E-state index contributed by atoms with van der Waals surface area (Å²) in [5.74, 6) is 0.421. The van der Waals surface area contributed by atoms with E-state index in [1.165, 1.54) is 16.9 Å². The van der Waals surface area contributed by atoms with Crippen LogP contribution in [0.3, 0.4) is 0 Å². The normalized spacial score (nSPS) is 18.4. The molecule has 3 rings (SSSR count). The summed E-state index contributed by atoms with van der Waals surface area (Å²) < 4.78 is 27.2. The van der Waals surface area contributed by atoms with Gasteiger partial charge in [-0.15, -0.1) is 0 Å². The molecule has 0 saturated carbocycles. The molecule has 8 nitrogen and oxygen atoms in total. The first kappa shape index (κ1) is 14.9. The number of halogens is 1. The second kappa shape index (κ2) is 5.32. The highest BCUT2D eigenvalue weighted by atomic mass is 127. The first-order valence-corrected chi connectivity index (χ1v) is 9.40. The fourth-order valence-corrected chi connectivity index (χ4v) is 4.25. The summed E-state index contributed by atoms with van der Waals surface area (Å²) in [6.07, 6.45) is 4.10. The molecule has 2 N–H and O–H groups in total. The summed E-state index contributed by atoms with van der Waals surface area (Å²) in [5, 5.41) is 5.28. The zero-order valence-electron chi connectivity index (χ0n) is 11.4. The minimum absolute atomic E-state index is 0.128. The van der Waals surface area contributed by atoms with Crippen LogP contribution in [-0.2, 0) is 10.0 Å². The average Bonchev–Trinajstić information content (AvgIpc) is 2.77. The highest BCUT2D eigenvalue weighted by Crippen LogP contribution is 2.30. The van der Waals surface area contributed by atoms with E-state index in [9.17, 15) is 8.42 Å². The van der Waals surface area contributed by atoms with Crippen LogP contribution in [0.1, 0.15) is 18.9 Å². The number of piperidine rings is 1. The SMILES string of the molecule is CS(=O)(=O)N1CCC(n2nc(I)c3c(N)ncnc32)CC1. The van der Waals surface area contributed by atoms with Crippen molar-refractivity contribution in [1.29, 1.82) is 0 Å². The lowest BCUT2D eigenvalue weighted by molar-refractivity contribution is 0.265. The van der Waals surface area contributed by atoms with Crippen LogP contribution >= 0.6 is 22.6 Å². The molecule has 1 fully saturated rings. The number of anilines is 1. The van der Waals surface area contributed by atoms with E-state index >= 15 is 0 Å². The van der Waals surface area contributed by atoms with E-state index in [-0.39, 0.29) is 6.04 Å². The van der Waals surface area contributed by atoms with Crippen LogP contribution in [0, 0.1) is 3.70 Å². The third-order valence-corrected chi connectivity index (χ3v) is 5.77. The summed E-state index contributed by atoms with van der Waals surface area (Å²) in [6, 6.07) is 0.128. The molecule has 1 saturated heterocycles. The maximum absolute atomic E-state index is 11.6. The monoisotopic (exact) mass is 422 g/mol. The topological polar surface area (TPSA) is 107 Å². The molecule has 3 heterocycles. The number of sulfonamides is 1. The second-order valence-corrected chi connectivity index (χ2v) is 8.09. The van der Waals surface area contributed by atoms with Crippen molar-refractivity contribution in [1.82, 2.24) is 24.1 Å². The zero-order valence-corrected chi connectivity index (χ0v) is 14.4. The smallest absolute Gasteiger partial charge is 0.211 e. The van der Waals surface area contributed by atoms with Gasteiger partial charge in [0.25, 0.3) is 0 Å². The van der Waals surface area contributed by atoms with Crippen LogP contribution < -0.4 is 5.73 Å². The van der Waals surface area contributed by atoms with Crippen molar-refractivity contribution in [3.05, 3.63) is 10.0 Å². The maximum Gasteiger partial charge on any atom is 0.211 e. The largest absolute Gasteiger partial charge is 0.383 e. The molecule has 21 heavy (non-hydrogen) atoms. The van der Waals surface area contributed by atoms with Gasteiger partial charge in [0.05, 0.1) is 17.7 Å². The summed E-state index contributed by atoms with van der Waals surface area (Å²) in [4.78, 5) is 8.27. The lowest BCUT2D eigenvalue weighted by Crippen LogP contribution is -2.38. The highest BCUT2D eigenvalue weighted by Gasteiger charge is 2.28. The quantitative estimate of drug-likeness (QED) is 0.711. The van der Waals surface area contributed by atoms with Crippen LogP contribution in [0.4, 0.5) is 5.82 Å². The predicted molar refractivity (Wildman–Crippen MR) is 87.1 cm³/mol. The van der Waals surface area contributed by atoms with Gasteiger partial charge in [-0.2, -0.15) is 5.10 Å². The van der Waals surface area contributed by atoms with Crippen molar-refractivity contribution in [2.75, 3.05) is 25.1 Å². The Morgan fingerprint density at radius 1 is 1.33 bits per heavy atom. The highest BCUT2D eigenvalue weighted by molar-refractivity contribution is 14.1. The van der Waals surface area contributed by atoms with Crippen LogP contribution in [-0.4, -0.2) is 51.8 Å². The average molecular weight is 422 g/mol. The van der Waals surface area contributed by atoms with E-state index < -0.39 is 10.0 Å². The lowest BCUT2D eigenvalue weighted by Gasteiger charge is -2.30. The van der Waals surface area contributed by atoms with Gasteiger partial charge in [-0.05, 0) is 35.4 Å². The van der Waals surface area contributed by atoms with Crippen molar-refractivity contribution >= 4 is 49.5 Å². The molecule has 10 heteroatoms. The molecule has 0 aromatic carbocycles. The molecule has 0 amide bonds. The van der Waals surface area contributed by atoms with Crippen LogP contribution in [0.2, 0.25) is 0 Å². The minimum atomic E-state index is -3.12. The Kier molecular flexibility index (Phi) is 3.78. The van der Waals surface area contributed by atoms with Crippen molar-refractivity contribution in [3.8, 4) is 0 Å². The Bertz CT molecular complexity index is 781. The Morgan fingerprint density at radius 2 is 2.00 bits per heavy atom. The van der Waals surface area contributed by atoms with Gasteiger partial charge in [-0.1, -0.05) is 0 Å². The molecule has 0 bridgehead atoms. The van der Waals surface area contributed by atoms with E-state index in [2.05, 4.69) is 37.7 Å². The number of aromatic nitrogens is 4. The molecular formula is C11H15IN6O2S. The third kappa shape index (κ3) is 2.71. The Balaban J connectivity index is 1.92. The van der Waals surface area contributed by atoms with Gasteiger partial charge in [0.1, 0.15) is 15.8 Å². The fraction of sp³-hybridized carbons (Fsp3) is 0.545. The number of nitrogens with two attached hydrogens (primary N) is 1. The van der Waals surface area contributed by atoms with Gasteiger partial charge in [-0.25, -0.2) is 27.4 Å². The van der Waals surface area contributed by atoms with Gasteiger partial charge in [-0.3, -0.25) is 0 Å². The Labute approximate surface area is 135 Å². The van der Waals surface area contributed by atoms with Crippen LogP contribution in [0.25, 0.3) is 11.0 Å². The lowest BCUT2D eigenvalue weighted by atomic mass is 10.1. The number of nitrogens with zero attached hydrogens (tertiary/aromatic N) is 5. The van der Waals surface area contributed by atoms with Gasteiger partial charge < -0.3 is 5.73 Å². The van der Waals surface area contributed by atoms with Crippen molar-refractivity contribution in [2.45, 2.75) is 18.9 Å². The maximum atomic E-state index is 11.6. The molecule has 0 atom stereocenters. The van der Waals surface area contributed by atoms with Gasteiger partial charge in [0.2, 0.25) is 10.0 Å². The molecule has 0 unspecified atom stereocenters. The number of hydrogen-bond acceptors (Lipinski definition) is 6. The van der Waals surface area contributed by atoms with E-state index in [1.54, 1.807) is 0 Å². The molecule has 2 aromatic rings. The first-order chi connectivity index (χ1) is 9.88. The third-order valence-electron chi connectivity index (χ3n) is 3.71.